The lowest BCUT2D eigenvalue weighted by Gasteiger charge is -2.39. The lowest BCUT2D eigenvalue weighted by molar-refractivity contribution is -0.149. The highest BCUT2D eigenvalue weighted by Gasteiger charge is 2.38. The minimum Gasteiger partial charge on any atom is -0.481 e. The molecular formula is C26H30N2O5. The molecule has 4 rings (SSSR count). The average Bonchev–Trinajstić information content (AvgIpc) is 3.14. The Morgan fingerprint density at radius 3 is 2.27 bits per heavy atom. The third-order valence-corrected chi connectivity index (χ3v) is 6.93. The zero-order valence-corrected chi connectivity index (χ0v) is 19.0. The first-order valence-electron chi connectivity index (χ1n) is 11.6. The molecule has 2 aliphatic rings. The minimum atomic E-state index is -0.891. The van der Waals surface area contributed by atoms with Gasteiger partial charge >= 0.3 is 12.1 Å². The average molecular weight is 451 g/mol. The fourth-order valence-corrected chi connectivity index (χ4v) is 5.11. The van der Waals surface area contributed by atoms with Gasteiger partial charge in [-0.05, 0) is 48.4 Å². The Morgan fingerprint density at radius 2 is 1.70 bits per heavy atom. The van der Waals surface area contributed by atoms with Crippen molar-refractivity contribution in [1.29, 1.82) is 0 Å². The number of piperidine rings is 1. The monoisotopic (exact) mass is 450 g/mol. The number of aliphatic carboxylic acids is 1. The molecule has 0 aromatic heterocycles. The van der Waals surface area contributed by atoms with E-state index >= 15 is 0 Å². The van der Waals surface area contributed by atoms with Crippen LogP contribution in [0.4, 0.5) is 4.79 Å². The van der Waals surface area contributed by atoms with Crippen molar-refractivity contribution in [3.05, 3.63) is 59.7 Å². The summed E-state index contributed by atoms with van der Waals surface area (Å²) in [6, 6.07) is 15.0. The molecule has 2 aromatic carbocycles. The Balaban J connectivity index is 1.40. The summed E-state index contributed by atoms with van der Waals surface area (Å²) in [5.41, 5.74) is 4.54. The van der Waals surface area contributed by atoms with E-state index in [-0.39, 0.29) is 18.4 Å². The first-order valence-corrected chi connectivity index (χ1v) is 11.6. The number of carboxylic acids is 1. The Labute approximate surface area is 193 Å². The SMILES string of the molecule is CC[C@H](NC(=O)OCC1c2ccccc2-c2ccccc21)C(=O)N1CCCC(C(=O)O)C1C. The van der Waals surface area contributed by atoms with Crippen LogP contribution in [-0.2, 0) is 14.3 Å². The van der Waals surface area contributed by atoms with Crippen LogP contribution in [0.1, 0.15) is 50.2 Å². The largest absolute Gasteiger partial charge is 0.481 e. The number of carbonyl (C=O) groups excluding carboxylic acids is 2. The molecule has 1 saturated heterocycles. The topological polar surface area (TPSA) is 95.9 Å². The molecule has 1 aliphatic heterocycles. The van der Waals surface area contributed by atoms with Gasteiger partial charge in [0.05, 0.1) is 5.92 Å². The van der Waals surface area contributed by atoms with Gasteiger partial charge in [-0.25, -0.2) is 4.79 Å². The molecule has 0 spiro atoms. The smallest absolute Gasteiger partial charge is 0.407 e. The van der Waals surface area contributed by atoms with Gasteiger partial charge in [-0.1, -0.05) is 55.5 Å². The maximum atomic E-state index is 13.1. The molecule has 1 fully saturated rings. The van der Waals surface area contributed by atoms with Crippen LogP contribution in [-0.4, -0.2) is 53.2 Å². The van der Waals surface area contributed by atoms with Crippen LogP contribution >= 0.6 is 0 Å². The van der Waals surface area contributed by atoms with Gasteiger partial charge in [-0.2, -0.15) is 0 Å². The highest BCUT2D eigenvalue weighted by molar-refractivity contribution is 5.87. The molecule has 2 amide bonds. The number of ether oxygens (including phenoxy) is 1. The maximum Gasteiger partial charge on any atom is 0.407 e. The molecule has 0 bridgehead atoms. The van der Waals surface area contributed by atoms with Gasteiger partial charge in [0.25, 0.3) is 0 Å². The molecule has 0 saturated carbocycles. The molecule has 2 aromatic rings. The predicted molar refractivity (Wildman–Crippen MR) is 124 cm³/mol. The van der Waals surface area contributed by atoms with E-state index in [2.05, 4.69) is 29.6 Å². The molecule has 1 aliphatic carbocycles. The van der Waals surface area contributed by atoms with Gasteiger partial charge in [0, 0.05) is 18.5 Å². The van der Waals surface area contributed by atoms with Gasteiger partial charge in [0.15, 0.2) is 0 Å². The highest BCUT2D eigenvalue weighted by Crippen LogP contribution is 2.44. The summed E-state index contributed by atoms with van der Waals surface area (Å²) >= 11 is 0. The van der Waals surface area contributed by atoms with Crippen molar-refractivity contribution in [1.82, 2.24) is 10.2 Å². The second kappa shape index (κ2) is 9.65. The molecule has 7 nitrogen and oxygen atoms in total. The third kappa shape index (κ3) is 4.45. The molecule has 2 N–H and O–H groups in total. The summed E-state index contributed by atoms with van der Waals surface area (Å²) in [4.78, 5) is 38.8. The van der Waals surface area contributed by atoms with Crippen molar-refractivity contribution < 1.29 is 24.2 Å². The molecule has 2 unspecified atom stereocenters. The number of nitrogens with zero attached hydrogens (tertiary/aromatic N) is 1. The van der Waals surface area contributed by atoms with E-state index in [1.165, 1.54) is 0 Å². The number of alkyl carbamates (subject to hydrolysis) is 1. The lowest BCUT2D eigenvalue weighted by atomic mass is 9.89. The third-order valence-electron chi connectivity index (χ3n) is 6.93. The number of rotatable bonds is 6. The molecule has 174 valence electrons. The summed E-state index contributed by atoms with van der Waals surface area (Å²) in [7, 11) is 0. The lowest BCUT2D eigenvalue weighted by Crippen LogP contribution is -2.55. The standard InChI is InChI=1S/C26H30N2O5/c1-3-23(24(29)28-14-8-13-17(16(28)2)25(30)31)27-26(32)33-15-22-20-11-6-4-9-18(20)19-10-5-7-12-21(19)22/h4-7,9-12,16-17,22-23H,3,8,13-15H2,1-2H3,(H,27,32)(H,30,31)/t16?,17?,23-/m0/s1. The number of nitrogens with one attached hydrogen (secondary N) is 1. The summed E-state index contributed by atoms with van der Waals surface area (Å²) in [6.07, 6.45) is 0.937. The molecule has 0 radical (unpaired) electrons. The van der Waals surface area contributed by atoms with Crippen LogP contribution in [0, 0.1) is 5.92 Å². The number of carbonyl (C=O) groups is 3. The Bertz CT molecular complexity index is 1010. The molecule has 33 heavy (non-hydrogen) atoms. The van der Waals surface area contributed by atoms with Crippen molar-refractivity contribution >= 4 is 18.0 Å². The van der Waals surface area contributed by atoms with Crippen molar-refractivity contribution in [2.24, 2.45) is 5.92 Å². The van der Waals surface area contributed by atoms with E-state index < -0.39 is 30.1 Å². The number of hydrogen-bond acceptors (Lipinski definition) is 4. The highest BCUT2D eigenvalue weighted by atomic mass is 16.5. The van der Waals surface area contributed by atoms with Crippen LogP contribution in [0.5, 0.6) is 0 Å². The zero-order chi connectivity index (χ0) is 23.5. The zero-order valence-electron chi connectivity index (χ0n) is 19.0. The summed E-state index contributed by atoms with van der Waals surface area (Å²) in [5, 5.41) is 12.1. The quantitative estimate of drug-likeness (QED) is 0.693. The fourth-order valence-electron chi connectivity index (χ4n) is 5.11. The van der Waals surface area contributed by atoms with Crippen molar-refractivity contribution in [2.45, 2.75) is 51.1 Å². The summed E-state index contributed by atoms with van der Waals surface area (Å²) < 4.78 is 5.58. The van der Waals surface area contributed by atoms with Crippen LogP contribution in [0.15, 0.2) is 48.5 Å². The minimum absolute atomic E-state index is 0.0580. The van der Waals surface area contributed by atoms with Crippen LogP contribution in [0.2, 0.25) is 0 Å². The summed E-state index contributed by atoms with van der Waals surface area (Å²) in [5.74, 6) is -1.80. The van der Waals surface area contributed by atoms with Crippen LogP contribution in [0.3, 0.4) is 0 Å². The predicted octanol–water partition coefficient (Wildman–Crippen LogP) is 4.02. The van der Waals surface area contributed by atoms with Crippen LogP contribution < -0.4 is 5.32 Å². The molecule has 7 heteroatoms. The number of carboxylic acid groups (broad SMARTS) is 1. The van der Waals surface area contributed by atoms with Crippen molar-refractivity contribution in [3.8, 4) is 11.1 Å². The van der Waals surface area contributed by atoms with E-state index in [4.69, 9.17) is 4.74 Å². The molecule has 3 atom stereocenters. The van der Waals surface area contributed by atoms with E-state index in [9.17, 15) is 19.5 Å². The molecule has 1 heterocycles. The Kier molecular flexibility index (Phi) is 6.67. The van der Waals surface area contributed by atoms with Crippen molar-refractivity contribution in [3.63, 3.8) is 0 Å². The van der Waals surface area contributed by atoms with Gasteiger partial charge in [-0.15, -0.1) is 0 Å². The second-order valence-electron chi connectivity index (χ2n) is 8.79. The molecular weight excluding hydrogens is 420 g/mol. The number of fused-ring (bicyclic) bond motifs is 3. The fraction of sp³-hybridized carbons (Fsp3) is 0.423. The second-order valence-corrected chi connectivity index (χ2v) is 8.79. The number of amides is 2. The first kappa shape index (κ1) is 22.8. The van der Waals surface area contributed by atoms with Gasteiger partial charge in [0.1, 0.15) is 12.6 Å². The Hall–Kier alpha value is -3.35. The van der Waals surface area contributed by atoms with E-state index in [0.29, 0.717) is 25.8 Å². The van der Waals surface area contributed by atoms with Crippen molar-refractivity contribution in [2.75, 3.05) is 13.2 Å². The van der Waals surface area contributed by atoms with E-state index in [0.717, 1.165) is 22.3 Å². The normalized spacial score (nSPS) is 20.5. The number of hydrogen-bond donors (Lipinski definition) is 2. The van der Waals surface area contributed by atoms with Gasteiger partial charge in [0.2, 0.25) is 5.91 Å². The number of likely N-dealkylation sites (tertiary alicyclic amines) is 1. The number of benzene rings is 2. The van der Waals surface area contributed by atoms with E-state index in [1.54, 1.807) is 11.8 Å². The first-order chi connectivity index (χ1) is 15.9. The van der Waals surface area contributed by atoms with Gasteiger partial charge < -0.3 is 20.1 Å². The maximum absolute atomic E-state index is 13.1. The Morgan fingerprint density at radius 1 is 1.09 bits per heavy atom. The summed E-state index contributed by atoms with van der Waals surface area (Å²) in [6.45, 7) is 4.24. The van der Waals surface area contributed by atoms with Crippen LogP contribution in [0.25, 0.3) is 11.1 Å². The van der Waals surface area contributed by atoms with Gasteiger partial charge in [-0.3, -0.25) is 9.59 Å². The van der Waals surface area contributed by atoms with E-state index in [1.807, 2.05) is 31.2 Å².